The van der Waals surface area contributed by atoms with Gasteiger partial charge in [-0.3, -0.25) is 47.9 Å². The molecule has 1 aromatic rings. The normalized spacial score (nSPS) is 16.1. The van der Waals surface area contributed by atoms with Gasteiger partial charge in [0, 0.05) is 24.9 Å². The summed E-state index contributed by atoms with van der Waals surface area (Å²) < 4.78 is 0. The zero-order chi connectivity index (χ0) is 50.5. The maximum atomic E-state index is 13.9. The van der Waals surface area contributed by atoms with Crippen molar-refractivity contribution in [3.8, 4) is 0 Å². The summed E-state index contributed by atoms with van der Waals surface area (Å²) in [7, 11) is 0. The number of hydrogen-bond acceptors (Lipinski definition) is 13. The van der Waals surface area contributed by atoms with E-state index in [1.807, 2.05) is 13.8 Å². The average molecular weight is 949 g/mol. The molecule has 0 aromatic carbocycles. The van der Waals surface area contributed by atoms with E-state index < -0.39 is 133 Å². The van der Waals surface area contributed by atoms with Gasteiger partial charge in [-0.25, -0.2) is 9.78 Å². The van der Waals surface area contributed by atoms with Crippen molar-refractivity contribution < 1.29 is 63.0 Å². The molecule has 25 nitrogen and oxygen atoms in total. The number of aromatic nitrogens is 2. The summed E-state index contributed by atoms with van der Waals surface area (Å²) in [6, 6.07) is -8.24. The Hall–Kier alpha value is -6.66. The molecule has 1 aromatic heterocycles. The van der Waals surface area contributed by atoms with Crippen LogP contribution in [0, 0.1) is 17.8 Å². The Labute approximate surface area is 388 Å². The molecule has 1 aliphatic rings. The summed E-state index contributed by atoms with van der Waals surface area (Å²) >= 11 is 0. The zero-order valence-corrected chi connectivity index (χ0v) is 39.1. The number of carboxylic acids is 2. The van der Waals surface area contributed by atoms with Crippen molar-refractivity contribution in [3.05, 3.63) is 18.2 Å². The van der Waals surface area contributed by atoms with Gasteiger partial charge in [-0.1, -0.05) is 41.5 Å². The van der Waals surface area contributed by atoms with Gasteiger partial charge in [0.1, 0.15) is 36.3 Å². The number of nitrogens with zero attached hydrogens (tertiary/aromatic N) is 2. The Morgan fingerprint density at radius 1 is 0.672 bits per heavy atom. The largest absolute Gasteiger partial charge is 0.481 e. The number of hydrogen-bond donors (Lipinski definition) is 12. The number of carboxylic acid groups (broad SMARTS) is 2. The number of nitrogens with two attached hydrogens (primary N) is 1. The van der Waals surface area contributed by atoms with Crippen LogP contribution in [-0.4, -0.2) is 159 Å². The highest BCUT2D eigenvalue weighted by Gasteiger charge is 2.38. The SMILES string of the molecule is CC(C)C[C@H](NC(=O)CNC(=O)[C@H](CC(C)C)NC(=O)[C@@H](N)CC(=O)O)C(=O)NCC(=O)N[C@@H](CC(C)C)C(=O)N1CCC[C@H]1C(=O)NCC(=O)N[C@@H](C)C(=O)N[C@@H](Cc1cnc[nH]1)C(=O)O. The number of carbonyl (C=O) groups is 11. The summed E-state index contributed by atoms with van der Waals surface area (Å²) in [6.45, 7) is 10.6. The zero-order valence-electron chi connectivity index (χ0n) is 39.1. The van der Waals surface area contributed by atoms with Crippen LogP contribution in [-0.2, 0) is 59.2 Å². The van der Waals surface area contributed by atoms with Gasteiger partial charge < -0.3 is 68.4 Å². The van der Waals surface area contributed by atoms with E-state index in [1.54, 1.807) is 27.7 Å². The van der Waals surface area contributed by atoms with Gasteiger partial charge in [0.05, 0.1) is 38.4 Å². The molecule has 0 radical (unpaired) electrons. The molecule has 0 saturated carbocycles. The van der Waals surface area contributed by atoms with Crippen molar-refractivity contribution in [2.75, 3.05) is 26.2 Å². The number of amides is 9. The molecule has 25 heteroatoms. The Kier molecular flexibility index (Phi) is 23.4. The van der Waals surface area contributed by atoms with Gasteiger partial charge in [0.25, 0.3) is 0 Å². The first-order valence-corrected chi connectivity index (χ1v) is 22.2. The van der Waals surface area contributed by atoms with Crippen molar-refractivity contribution in [3.63, 3.8) is 0 Å². The lowest BCUT2D eigenvalue weighted by Crippen LogP contribution is -2.56. The van der Waals surface area contributed by atoms with Gasteiger partial charge in [-0.2, -0.15) is 0 Å². The maximum Gasteiger partial charge on any atom is 0.326 e. The first kappa shape index (κ1) is 56.5. The Morgan fingerprint density at radius 2 is 1.16 bits per heavy atom. The second-order valence-corrected chi connectivity index (χ2v) is 17.7. The van der Waals surface area contributed by atoms with Crippen LogP contribution in [0.25, 0.3) is 0 Å². The van der Waals surface area contributed by atoms with Crippen LogP contribution < -0.4 is 48.3 Å². The minimum absolute atomic E-state index is 0.0807. The molecule has 2 rings (SSSR count). The monoisotopic (exact) mass is 949 g/mol. The molecule has 0 bridgehead atoms. The predicted octanol–water partition coefficient (Wildman–Crippen LogP) is -3.24. The number of imidazole rings is 1. The summed E-state index contributed by atoms with van der Waals surface area (Å²) in [4.78, 5) is 148. The van der Waals surface area contributed by atoms with Crippen LogP contribution in [0.4, 0.5) is 0 Å². The van der Waals surface area contributed by atoms with Crippen molar-refractivity contribution in [2.45, 2.75) is 136 Å². The smallest absolute Gasteiger partial charge is 0.326 e. The summed E-state index contributed by atoms with van der Waals surface area (Å²) in [5.41, 5.74) is 6.10. The van der Waals surface area contributed by atoms with Crippen molar-refractivity contribution in [1.29, 1.82) is 0 Å². The minimum Gasteiger partial charge on any atom is -0.481 e. The number of aliphatic carboxylic acids is 2. The van der Waals surface area contributed by atoms with Gasteiger partial charge in [-0.15, -0.1) is 0 Å². The minimum atomic E-state index is -1.41. The molecule has 1 aliphatic heterocycles. The molecule has 2 heterocycles. The number of carbonyl (C=O) groups excluding carboxylic acids is 9. The topological polar surface area (TPSA) is 382 Å². The summed E-state index contributed by atoms with van der Waals surface area (Å²) in [6.07, 6.45) is 3.20. The van der Waals surface area contributed by atoms with E-state index in [2.05, 4.69) is 52.5 Å². The Balaban J connectivity index is 1.97. The van der Waals surface area contributed by atoms with Crippen LogP contribution in [0.2, 0.25) is 0 Å². The van der Waals surface area contributed by atoms with Gasteiger partial charge in [0.2, 0.25) is 53.2 Å². The van der Waals surface area contributed by atoms with Crippen LogP contribution in [0.3, 0.4) is 0 Å². The molecular formula is C42H68N12O13. The molecule has 7 atom stereocenters. The third kappa shape index (κ3) is 20.6. The van der Waals surface area contributed by atoms with Crippen LogP contribution in [0.5, 0.6) is 0 Å². The summed E-state index contributed by atoms with van der Waals surface area (Å²) in [5.74, 6) is -9.45. The van der Waals surface area contributed by atoms with E-state index in [4.69, 9.17) is 10.8 Å². The van der Waals surface area contributed by atoms with Gasteiger partial charge in [-0.05, 0) is 56.8 Å². The lowest BCUT2D eigenvalue weighted by atomic mass is 10.0. The third-order valence-corrected chi connectivity index (χ3v) is 10.2. The first-order valence-electron chi connectivity index (χ1n) is 22.2. The number of likely N-dealkylation sites (tertiary alicyclic amines) is 1. The van der Waals surface area contributed by atoms with E-state index >= 15 is 0 Å². The number of aromatic amines is 1. The van der Waals surface area contributed by atoms with Gasteiger partial charge in [0.15, 0.2) is 0 Å². The molecule has 0 spiro atoms. The highest BCUT2D eigenvalue weighted by atomic mass is 16.4. The second kappa shape index (κ2) is 27.7. The molecule has 0 aliphatic carbocycles. The van der Waals surface area contributed by atoms with E-state index in [1.165, 1.54) is 24.3 Å². The van der Waals surface area contributed by atoms with Crippen molar-refractivity contribution in [1.82, 2.24) is 57.4 Å². The fourth-order valence-corrected chi connectivity index (χ4v) is 6.99. The highest BCUT2D eigenvalue weighted by molar-refractivity contribution is 5.97. The Bertz CT molecular complexity index is 1910. The van der Waals surface area contributed by atoms with E-state index in [-0.39, 0.29) is 56.4 Å². The van der Waals surface area contributed by atoms with E-state index in [0.717, 1.165) is 0 Å². The van der Waals surface area contributed by atoms with Gasteiger partial charge >= 0.3 is 11.9 Å². The molecular weight excluding hydrogens is 881 g/mol. The molecule has 374 valence electrons. The number of rotatable bonds is 28. The van der Waals surface area contributed by atoms with Crippen LogP contribution >= 0.6 is 0 Å². The molecule has 9 amide bonds. The molecule has 1 saturated heterocycles. The fourth-order valence-electron chi connectivity index (χ4n) is 6.99. The summed E-state index contributed by atoms with van der Waals surface area (Å²) in [5, 5.41) is 38.2. The second-order valence-electron chi connectivity index (χ2n) is 17.7. The maximum absolute atomic E-state index is 13.9. The van der Waals surface area contributed by atoms with E-state index in [9.17, 15) is 57.8 Å². The fraction of sp³-hybridized carbons (Fsp3) is 0.667. The number of H-pyrrole nitrogens is 1. The Morgan fingerprint density at radius 3 is 1.67 bits per heavy atom. The average Bonchev–Trinajstić information content (AvgIpc) is 3.95. The predicted molar refractivity (Wildman–Crippen MR) is 238 cm³/mol. The number of nitrogens with one attached hydrogen (secondary N) is 9. The third-order valence-electron chi connectivity index (χ3n) is 10.2. The lowest BCUT2D eigenvalue weighted by Gasteiger charge is -2.29. The van der Waals surface area contributed by atoms with Crippen molar-refractivity contribution in [2.24, 2.45) is 23.5 Å². The standard InChI is InChI=1S/C42H68N12O13/c1-21(2)11-27(50-33(56)18-46-39(63)28(12-22(3)4)52-37(61)26(43)15-35(58)59)38(62)45-19-34(57)51-29(13-23(5)6)41(65)54-10-8-9-31(54)40(64)47-17-32(55)49-24(7)36(60)53-30(42(66)67)14-25-16-44-20-48-25/h16,20-24,26-31H,8-15,17-19,43H2,1-7H3,(H,44,48)(H,45,62)(H,46,63)(H,47,64)(H,49,55)(H,50,56)(H,51,57)(H,52,61)(H,53,60)(H,58,59)(H,66,67)/t24-,26-,27-,28-,29-,30-,31-/m0/s1. The molecule has 0 unspecified atom stereocenters. The lowest BCUT2D eigenvalue weighted by molar-refractivity contribution is -0.142. The molecule has 67 heavy (non-hydrogen) atoms. The van der Waals surface area contributed by atoms with Crippen molar-refractivity contribution >= 4 is 65.1 Å². The quantitative estimate of drug-likeness (QED) is 0.0393. The van der Waals surface area contributed by atoms with E-state index in [0.29, 0.717) is 12.1 Å². The van der Waals surface area contributed by atoms with Crippen LogP contribution in [0.15, 0.2) is 12.5 Å². The van der Waals surface area contributed by atoms with Crippen LogP contribution in [0.1, 0.15) is 92.7 Å². The molecule has 1 fully saturated rings. The highest BCUT2D eigenvalue weighted by Crippen LogP contribution is 2.20. The first-order chi connectivity index (χ1) is 31.4. The molecule has 13 N–H and O–H groups in total.